The Balaban J connectivity index is 1.15. The lowest BCUT2D eigenvalue weighted by Gasteiger charge is -2.38. The summed E-state index contributed by atoms with van der Waals surface area (Å²) in [6.45, 7) is 4.58. The smallest absolute Gasteiger partial charge is 0.300 e. The van der Waals surface area contributed by atoms with Crippen molar-refractivity contribution in [1.82, 2.24) is 19.7 Å². The molecule has 6 nitrogen and oxygen atoms in total. The molecule has 2 aliphatic heterocycles. The van der Waals surface area contributed by atoms with E-state index in [0.717, 1.165) is 44.1 Å². The van der Waals surface area contributed by atoms with Gasteiger partial charge in [-0.1, -0.05) is 0 Å². The highest BCUT2D eigenvalue weighted by atomic mass is 32.2. The molecule has 6 rings (SSSR count). The Morgan fingerprint density at radius 3 is 2.55 bits per heavy atom. The molecule has 1 spiro atoms. The predicted molar refractivity (Wildman–Crippen MR) is 116 cm³/mol. The standard InChI is InChI=1S/C23H27F3N4O2S/c1-2-30-19(10-18(28-30)14-3-5-27-20(7-14)23(24,25)26)21-16-8-15(9-17(16)21)29-6-4-22(11-29)12-33(31,32)13-22/h3,5,7,10,15-17,21H,2,4,6,8-9,11-13H2,1H3/t15?,16-,17+,21?. The third-order valence-corrected chi connectivity index (χ3v) is 10.4. The predicted octanol–water partition coefficient (Wildman–Crippen LogP) is 3.60. The van der Waals surface area contributed by atoms with Crippen molar-refractivity contribution in [2.45, 2.75) is 50.9 Å². The van der Waals surface area contributed by atoms with Crippen LogP contribution in [0, 0.1) is 17.3 Å². The SMILES string of the molecule is CCn1nc(-c2ccnc(C(F)(F)F)c2)cc1C1[C@H]2CC(N3CCC4(C3)CS(=O)(=O)C4)C[C@@H]12. The fraction of sp³-hybridized carbons (Fsp3) is 0.652. The van der Waals surface area contributed by atoms with Gasteiger partial charge in [-0.2, -0.15) is 18.3 Å². The van der Waals surface area contributed by atoms with Crippen LogP contribution in [-0.4, -0.2) is 58.7 Å². The van der Waals surface area contributed by atoms with Gasteiger partial charge in [-0.25, -0.2) is 8.42 Å². The molecule has 0 radical (unpaired) electrons. The van der Waals surface area contributed by atoms with Crippen LogP contribution in [0.3, 0.4) is 0 Å². The molecule has 0 aromatic carbocycles. The minimum absolute atomic E-state index is 0.000551. The second-order valence-electron chi connectivity index (χ2n) is 10.4. The van der Waals surface area contributed by atoms with E-state index in [4.69, 9.17) is 0 Å². The third-order valence-electron chi connectivity index (χ3n) is 8.25. The van der Waals surface area contributed by atoms with Crippen LogP contribution in [0.5, 0.6) is 0 Å². The summed E-state index contributed by atoms with van der Waals surface area (Å²) in [6.07, 6.45) is -0.0903. The van der Waals surface area contributed by atoms with E-state index in [0.29, 0.717) is 53.1 Å². The third kappa shape index (κ3) is 3.60. The first-order valence-electron chi connectivity index (χ1n) is 11.6. The molecule has 2 aromatic heterocycles. The highest BCUT2D eigenvalue weighted by Gasteiger charge is 2.60. The van der Waals surface area contributed by atoms with Crippen LogP contribution in [0.15, 0.2) is 24.4 Å². The van der Waals surface area contributed by atoms with Crippen molar-refractivity contribution in [3.8, 4) is 11.3 Å². The number of sulfone groups is 1. The molecule has 4 aliphatic rings. The summed E-state index contributed by atoms with van der Waals surface area (Å²) in [5.41, 5.74) is 1.22. The van der Waals surface area contributed by atoms with Crippen LogP contribution in [0.4, 0.5) is 13.2 Å². The molecule has 178 valence electrons. The number of fused-ring (bicyclic) bond motifs is 1. The molecule has 4 fully saturated rings. The molecule has 2 saturated heterocycles. The molecule has 2 aliphatic carbocycles. The highest BCUT2D eigenvalue weighted by Crippen LogP contribution is 2.64. The quantitative estimate of drug-likeness (QED) is 0.669. The zero-order valence-electron chi connectivity index (χ0n) is 18.4. The lowest BCUT2D eigenvalue weighted by Crippen LogP contribution is -2.50. The van der Waals surface area contributed by atoms with E-state index in [1.165, 1.54) is 6.20 Å². The highest BCUT2D eigenvalue weighted by molar-refractivity contribution is 7.92. The van der Waals surface area contributed by atoms with E-state index in [2.05, 4.69) is 15.0 Å². The molecule has 0 bridgehead atoms. The minimum atomic E-state index is -4.48. The first kappa shape index (κ1) is 21.6. The number of hydrogen-bond acceptors (Lipinski definition) is 5. The van der Waals surface area contributed by atoms with Crippen molar-refractivity contribution in [3.05, 3.63) is 35.8 Å². The number of pyridine rings is 1. The van der Waals surface area contributed by atoms with Gasteiger partial charge in [-0.3, -0.25) is 14.6 Å². The molecular weight excluding hydrogens is 453 g/mol. The Morgan fingerprint density at radius 2 is 1.91 bits per heavy atom. The molecule has 0 amide bonds. The number of nitrogens with zero attached hydrogens (tertiary/aromatic N) is 4. The summed E-state index contributed by atoms with van der Waals surface area (Å²) in [5.74, 6) is 2.26. The van der Waals surface area contributed by atoms with Crippen LogP contribution in [0.2, 0.25) is 0 Å². The monoisotopic (exact) mass is 480 g/mol. The lowest BCUT2D eigenvalue weighted by molar-refractivity contribution is -0.141. The Hall–Kier alpha value is -1.94. The normalized spacial score (nSPS) is 32.1. The van der Waals surface area contributed by atoms with Crippen LogP contribution in [-0.2, 0) is 22.6 Å². The fourth-order valence-corrected chi connectivity index (χ4v) is 9.05. The van der Waals surface area contributed by atoms with Crippen molar-refractivity contribution in [1.29, 1.82) is 0 Å². The van der Waals surface area contributed by atoms with E-state index in [-0.39, 0.29) is 5.41 Å². The first-order chi connectivity index (χ1) is 15.6. The zero-order valence-corrected chi connectivity index (χ0v) is 19.2. The zero-order chi connectivity index (χ0) is 23.2. The van der Waals surface area contributed by atoms with Crippen LogP contribution >= 0.6 is 0 Å². The Bertz CT molecular complexity index is 1180. The Morgan fingerprint density at radius 1 is 1.18 bits per heavy atom. The van der Waals surface area contributed by atoms with E-state index < -0.39 is 21.7 Å². The number of hydrogen-bond donors (Lipinski definition) is 0. The van der Waals surface area contributed by atoms with Crippen molar-refractivity contribution in [2.24, 2.45) is 17.3 Å². The van der Waals surface area contributed by atoms with Crippen LogP contribution in [0.1, 0.15) is 43.5 Å². The van der Waals surface area contributed by atoms with Crippen molar-refractivity contribution in [2.75, 3.05) is 24.6 Å². The summed E-state index contributed by atoms with van der Waals surface area (Å²) in [5, 5.41) is 4.61. The molecule has 4 atom stereocenters. The number of halogens is 3. The van der Waals surface area contributed by atoms with Crippen molar-refractivity contribution in [3.63, 3.8) is 0 Å². The van der Waals surface area contributed by atoms with Gasteiger partial charge < -0.3 is 0 Å². The van der Waals surface area contributed by atoms with Crippen molar-refractivity contribution >= 4 is 9.84 Å². The lowest BCUT2D eigenvalue weighted by atomic mass is 9.91. The van der Waals surface area contributed by atoms with Gasteiger partial charge in [-0.05, 0) is 62.8 Å². The Kier molecular flexibility index (Phi) is 4.60. The summed E-state index contributed by atoms with van der Waals surface area (Å²) >= 11 is 0. The molecular formula is C23H27F3N4O2S. The molecule has 2 aromatic rings. The number of rotatable bonds is 4. The van der Waals surface area contributed by atoms with Crippen LogP contribution in [0.25, 0.3) is 11.3 Å². The average Bonchev–Trinajstić information content (AvgIpc) is 3.18. The van der Waals surface area contributed by atoms with E-state index >= 15 is 0 Å². The molecule has 2 saturated carbocycles. The maximum absolute atomic E-state index is 13.1. The van der Waals surface area contributed by atoms with Gasteiger partial charge in [-0.15, -0.1) is 0 Å². The molecule has 4 heterocycles. The van der Waals surface area contributed by atoms with Gasteiger partial charge in [0.05, 0.1) is 17.2 Å². The number of likely N-dealkylation sites (tertiary alicyclic amines) is 1. The molecule has 10 heteroatoms. The van der Waals surface area contributed by atoms with Crippen molar-refractivity contribution < 1.29 is 21.6 Å². The van der Waals surface area contributed by atoms with E-state index in [1.54, 1.807) is 6.07 Å². The van der Waals surface area contributed by atoms with Gasteiger partial charge in [0.15, 0.2) is 9.84 Å². The van der Waals surface area contributed by atoms with E-state index in [9.17, 15) is 21.6 Å². The average molecular weight is 481 g/mol. The van der Waals surface area contributed by atoms with Gasteiger partial charge in [0, 0.05) is 47.9 Å². The van der Waals surface area contributed by atoms with Gasteiger partial charge in [0.1, 0.15) is 5.69 Å². The second-order valence-corrected chi connectivity index (χ2v) is 12.5. The van der Waals surface area contributed by atoms with Gasteiger partial charge >= 0.3 is 6.18 Å². The fourth-order valence-electron chi connectivity index (χ4n) is 6.80. The second kappa shape index (κ2) is 7.04. The summed E-state index contributed by atoms with van der Waals surface area (Å²) < 4.78 is 64.5. The largest absolute Gasteiger partial charge is 0.433 e. The first-order valence-corrected chi connectivity index (χ1v) is 13.5. The maximum Gasteiger partial charge on any atom is 0.433 e. The number of aromatic nitrogens is 3. The van der Waals surface area contributed by atoms with Crippen LogP contribution < -0.4 is 0 Å². The number of aryl methyl sites for hydroxylation is 1. The number of alkyl halides is 3. The summed E-state index contributed by atoms with van der Waals surface area (Å²) in [6, 6.07) is 5.13. The Labute approximate surface area is 191 Å². The molecule has 0 N–H and O–H groups in total. The molecule has 2 unspecified atom stereocenters. The maximum atomic E-state index is 13.1. The summed E-state index contributed by atoms with van der Waals surface area (Å²) in [4.78, 5) is 5.97. The summed E-state index contributed by atoms with van der Waals surface area (Å²) in [7, 11) is -2.81. The van der Waals surface area contributed by atoms with Gasteiger partial charge in [0.25, 0.3) is 0 Å². The van der Waals surface area contributed by atoms with E-state index in [1.807, 2.05) is 17.7 Å². The topological polar surface area (TPSA) is 68.1 Å². The molecule has 33 heavy (non-hydrogen) atoms. The minimum Gasteiger partial charge on any atom is -0.300 e. The van der Waals surface area contributed by atoms with Gasteiger partial charge in [0.2, 0.25) is 0 Å².